The number of ether oxygens (including phenoxy) is 1. The third-order valence-electron chi connectivity index (χ3n) is 5.86. The monoisotopic (exact) mass is 481 g/mol. The second kappa shape index (κ2) is 11.5. The van der Waals surface area contributed by atoms with Crippen molar-refractivity contribution in [1.82, 2.24) is 19.9 Å². The highest BCUT2D eigenvalue weighted by Crippen LogP contribution is 2.31. The highest BCUT2D eigenvalue weighted by Gasteiger charge is 2.15. The zero-order chi connectivity index (χ0) is 25.5. The molecule has 184 valence electrons. The summed E-state index contributed by atoms with van der Waals surface area (Å²) in [4.78, 5) is 30.7. The van der Waals surface area contributed by atoms with E-state index < -0.39 is 0 Å². The number of nitrogens with one attached hydrogen (secondary N) is 1. The summed E-state index contributed by atoms with van der Waals surface area (Å²) in [7, 11) is 0. The Hall–Kier alpha value is -4.13. The molecule has 0 aliphatic heterocycles. The van der Waals surface area contributed by atoms with Crippen molar-refractivity contribution in [1.29, 1.82) is 0 Å². The second-order valence-corrected chi connectivity index (χ2v) is 9.00. The zero-order valence-electron chi connectivity index (χ0n) is 21.2. The highest BCUT2D eigenvalue weighted by atomic mass is 16.5. The molecule has 4 aromatic rings. The Balaban J connectivity index is 1.58. The largest absolute Gasteiger partial charge is 0.438 e. The minimum absolute atomic E-state index is 0.208. The summed E-state index contributed by atoms with van der Waals surface area (Å²) in [6.07, 6.45) is 6.04. The molecule has 2 heterocycles. The van der Waals surface area contributed by atoms with Crippen LogP contribution in [0, 0.1) is 6.92 Å². The number of aromatic nitrogens is 4. The van der Waals surface area contributed by atoms with E-state index in [1.54, 1.807) is 18.3 Å². The maximum atomic E-state index is 13.0. The SMILES string of the molecule is CCCCc1ncnc(-c2cccnc2Oc2cc(C(=O)Nc3cccc(C(C)C)c3)ccc2C)n1. The van der Waals surface area contributed by atoms with Gasteiger partial charge in [-0.1, -0.05) is 45.4 Å². The lowest BCUT2D eigenvalue weighted by Gasteiger charge is -2.13. The predicted molar refractivity (Wildman–Crippen MR) is 141 cm³/mol. The number of pyridine rings is 1. The Bertz CT molecular complexity index is 1350. The van der Waals surface area contributed by atoms with E-state index in [9.17, 15) is 4.79 Å². The van der Waals surface area contributed by atoms with Crippen LogP contribution in [0.5, 0.6) is 11.6 Å². The van der Waals surface area contributed by atoms with E-state index in [0.717, 1.165) is 36.3 Å². The fourth-order valence-corrected chi connectivity index (χ4v) is 3.69. The van der Waals surface area contributed by atoms with E-state index in [1.165, 1.54) is 11.9 Å². The third kappa shape index (κ3) is 6.10. The molecule has 0 saturated carbocycles. The van der Waals surface area contributed by atoms with Crippen LogP contribution >= 0.6 is 0 Å². The van der Waals surface area contributed by atoms with E-state index >= 15 is 0 Å². The molecule has 2 aromatic heterocycles. The van der Waals surface area contributed by atoms with Gasteiger partial charge in [-0.2, -0.15) is 0 Å². The molecule has 0 radical (unpaired) electrons. The number of carbonyl (C=O) groups excluding carboxylic acids is 1. The van der Waals surface area contributed by atoms with Crippen molar-refractivity contribution < 1.29 is 9.53 Å². The first kappa shape index (κ1) is 25.0. The number of anilines is 1. The highest BCUT2D eigenvalue weighted by molar-refractivity contribution is 6.04. The van der Waals surface area contributed by atoms with Gasteiger partial charge in [-0.3, -0.25) is 4.79 Å². The van der Waals surface area contributed by atoms with Gasteiger partial charge in [-0.15, -0.1) is 0 Å². The van der Waals surface area contributed by atoms with E-state index in [4.69, 9.17) is 4.74 Å². The first-order valence-electron chi connectivity index (χ1n) is 12.3. The van der Waals surface area contributed by atoms with Gasteiger partial charge in [0.1, 0.15) is 17.9 Å². The van der Waals surface area contributed by atoms with Gasteiger partial charge < -0.3 is 10.1 Å². The number of hydrogen-bond acceptors (Lipinski definition) is 6. The maximum absolute atomic E-state index is 13.0. The summed E-state index contributed by atoms with van der Waals surface area (Å²) < 4.78 is 6.22. The van der Waals surface area contributed by atoms with Crippen molar-refractivity contribution in [3.05, 3.63) is 89.6 Å². The Morgan fingerprint density at radius 3 is 2.69 bits per heavy atom. The van der Waals surface area contributed by atoms with Crippen LogP contribution in [0.15, 0.2) is 67.1 Å². The van der Waals surface area contributed by atoms with Crippen LogP contribution in [-0.4, -0.2) is 25.8 Å². The summed E-state index contributed by atoms with van der Waals surface area (Å²) in [5.74, 6) is 2.33. The average Bonchev–Trinajstić information content (AvgIpc) is 2.89. The molecule has 0 aliphatic rings. The number of unbranched alkanes of at least 4 members (excludes halogenated alkanes) is 1. The van der Waals surface area contributed by atoms with Crippen LogP contribution < -0.4 is 10.1 Å². The average molecular weight is 482 g/mol. The molecule has 0 spiro atoms. The summed E-state index contributed by atoms with van der Waals surface area (Å²) >= 11 is 0. The van der Waals surface area contributed by atoms with Crippen LogP contribution in [0.1, 0.15) is 66.8 Å². The number of hydrogen-bond donors (Lipinski definition) is 1. The zero-order valence-corrected chi connectivity index (χ0v) is 21.2. The van der Waals surface area contributed by atoms with Gasteiger partial charge in [0.15, 0.2) is 5.82 Å². The summed E-state index contributed by atoms with van der Waals surface area (Å²) in [5.41, 5.74) is 3.96. The lowest BCUT2D eigenvalue weighted by molar-refractivity contribution is 0.102. The molecule has 0 bridgehead atoms. The van der Waals surface area contributed by atoms with Gasteiger partial charge in [0.25, 0.3) is 5.91 Å². The molecule has 7 nitrogen and oxygen atoms in total. The van der Waals surface area contributed by atoms with E-state index in [-0.39, 0.29) is 5.91 Å². The third-order valence-corrected chi connectivity index (χ3v) is 5.86. The minimum atomic E-state index is -0.208. The van der Waals surface area contributed by atoms with E-state index in [2.05, 4.69) is 52.1 Å². The molecular formula is C29H31N5O2. The first-order valence-corrected chi connectivity index (χ1v) is 12.3. The van der Waals surface area contributed by atoms with Crippen LogP contribution in [0.4, 0.5) is 5.69 Å². The number of nitrogens with zero attached hydrogens (tertiary/aromatic N) is 4. The lowest BCUT2D eigenvalue weighted by Crippen LogP contribution is -2.12. The normalized spacial score (nSPS) is 10.9. The van der Waals surface area contributed by atoms with Crippen molar-refractivity contribution in [2.75, 3.05) is 5.32 Å². The van der Waals surface area contributed by atoms with Crippen molar-refractivity contribution >= 4 is 11.6 Å². The number of carbonyl (C=O) groups is 1. The van der Waals surface area contributed by atoms with Crippen molar-refractivity contribution in [3.8, 4) is 23.0 Å². The Labute approximate surface area is 212 Å². The fraction of sp³-hybridized carbons (Fsp3) is 0.276. The second-order valence-electron chi connectivity index (χ2n) is 9.00. The molecule has 0 atom stereocenters. The summed E-state index contributed by atoms with van der Waals surface area (Å²) in [5, 5.41) is 2.99. The fourth-order valence-electron chi connectivity index (χ4n) is 3.69. The minimum Gasteiger partial charge on any atom is -0.438 e. The lowest BCUT2D eigenvalue weighted by atomic mass is 10.0. The van der Waals surface area contributed by atoms with Crippen LogP contribution in [0.25, 0.3) is 11.4 Å². The molecule has 1 amide bonds. The molecular weight excluding hydrogens is 450 g/mol. The quantitative estimate of drug-likeness (QED) is 0.284. The molecule has 0 saturated heterocycles. The van der Waals surface area contributed by atoms with Crippen LogP contribution in [-0.2, 0) is 6.42 Å². The molecule has 1 N–H and O–H groups in total. The maximum Gasteiger partial charge on any atom is 0.255 e. The molecule has 0 fully saturated rings. The van der Waals surface area contributed by atoms with Crippen LogP contribution in [0.3, 0.4) is 0 Å². The van der Waals surface area contributed by atoms with Crippen molar-refractivity contribution in [2.24, 2.45) is 0 Å². The number of benzene rings is 2. The number of amides is 1. The van der Waals surface area contributed by atoms with Crippen molar-refractivity contribution in [3.63, 3.8) is 0 Å². The Kier molecular flexibility index (Phi) is 8.00. The summed E-state index contributed by atoms with van der Waals surface area (Å²) in [6.45, 7) is 8.31. The summed E-state index contributed by atoms with van der Waals surface area (Å²) in [6, 6.07) is 17.0. The van der Waals surface area contributed by atoms with Gasteiger partial charge in [-0.05, 0) is 66.8 Å². The molecule has 2 aromatic carbocycles. The number of rotatable bonds is 9. The van der Waals surface area contributed by atoms with Gasteiger partial charge >= 0.3 is 0 Å². The molecule has 7 heteroatoms. The smallest absolute Gasteiger partial charge is 0.255 e. The predicted octanol–water partition coefficient (Wildman–Crippen LogP) is 6.75. The standard InChI is InChI=1S/C29H31N5O2/c1-5-6-12-26-31-18-32-27(34-26)24-11-8-15-30-29(24)36-25-17-22(14-13-20(25)4)28(35)33-23-10-7-9-21(16-23)19(2)3/h7-11,13-19H,5-6,12H2,1-4H3,(H,33,35). The van der Waals surface area contributed by atoms with Crippen LogP contribution in [0.2, 0.25) is 0 Å². The van der Waals surface area contributed by atoms with E-state index in [0.29, 0.717) is 34.5 Å². The Morgan fingerprint density at radius 2 is 1.89 bits per heavy atom. The topological polar surface area (TPSA) is 89.9 Å². The van der Waals surface area contributed by atoms with Gasteiger partial charge in [0.05, 0.1) is 5.56 Å². The van der Waals surface area contributed by atoms with Gasteiger partial charge in [0.2, 0.25) is 5.88 Å². The molecule has 36 heavy (non-hydrogen) atoms. The molecule has 0 unspecified atom stereocenters. The number of aryl methyl sites for hydroxylation is 2. The molecule has 0 aliphatic carbocycles. The first-order chi connectivity index (χ1) is 17.4. The van der Waals surface area contributed by atoms with Gasteiger partial charge in [0, 0.05) is 23.9 Å². The van der Waals surface area contributed by atoms with Crippen molar-refractivity contribution in [2.45, 2.75) is 52.9 Å². The molecule has 4 rings (SSSR count). The van der Waals surface area contributed by atoms with E-state index in [1.807, 2.05) is 43.3 Å². The Morgan fingerprint density at radius 1 is 1.03 bits per heavy atom. The van der Waals surface area contributed by atoms with Gasteiger partial charge in [-0.25, -0.2) is 19.9 Å².